The molecule has 0 radical (unpaired) electrons. The molecule has 6 nitrogen and oxygen atoms in total. The Morgan fingerprint density at radius 3 is 2.30 bits per heavy atom. The first kappa shape index (κ1) is 23.9. The highest BCUT2D eigenvalue weighted by Gasteiger charge is 2.44. The lowest BCUT2D eigenvalue weighted by molar-refractivity contribution is -0.137. The van der Waals surface area contributed by atoms with Crippen molar-refractivity contribution in [3.8, 4) is 5.75 Å². The molecule has 0 fully saturated rings. The molecule has 2 aromatic rings. The average molecular weight is 465 g/mol. The summed E-state index contributed by atoms with van der Waals surface area (Å²) in [5.74, 6) is -0.197. The molecule has 11 heteroatoms. The van der Waals surface area contributed by atoms with Gasteiger partial charge in [0.15, 0.2) is 9.77 Å². The number of carbonyl (C=O) groups excluding carboxylic acids is 1. The van der Waals surface area contributed by atoms with Gasteiger partial charge >= 0.3 is 6.18 Å². The highest BCUT2D eigenvalue weighted by molar-refractivity contribution is 7.93. The van der Waals surface area contributed by atoms with E-state index in [9.17, 15) is 26.4 Å². The van der Waals surface area contributed by atoms with Gasteiger partial charge in [0.25, 0.3) is 0 Å². The highest BCUT2D eigenvalue weighted by atomic mass is 35.5. The smallest absolute Gasteiger partial charge is 0.417 e. The minimum absolute atomic E-state index is 0.145. The number of carbonyl (C=O) groups is 1. The van der Waals surface area contributed by atoms with Crippen molar-refractivity contribution < 1.29 is 31.1 Å². The molecule has 0 aliphatic heterocycles. The number of nitrogens with one attached hydrogen (secondary N) is 1. The molecule has 164 valence electrons. The van der Waals surface area contributed by atoms with Crippen molar-refractivity contribution in [3.63, 3.8) is 0 Å². The van der Waals surface area contributed by atoms with E-state index in [0.29, 0.717) is 29.5 Å². The van der Waals surface area contributed by atoms with Gasteiger partial charge in [0.2, 0.25) is 15.7 Å². The zero-order valence-corrected chi connectivity index (χ0v) is 17.7. The number of sulfone groups is 1. The van der Waals surface area contributed by atoms with Gasteiger partial charge in [-0.05, 0) is 56.7 Å². The summed E-state index contributed by atoms with van der Waals surface area (Å²) < 4.78 is 66.9. The van der Waals surface area contributed by atoms with Crippen molar-refractivity contribution in [3.05, 3.63) is 53.2 Å². The Morgan fingerprint density at radius 1 is 1.13 bits per heavy atom. The normalized spacial score (nSPS) is 12.5. The summed E-state index contributed by atoms with van der Waals surface area (Å²) in [7, 11) is -4.32. The lowest BCUT2D eigenvalue weighted by Gasteiger charge is -2.23. The third-order valence-corrected chi connectivity index (χ3v) is 6.82. The summed E-state index contributed by atoms with van der Waals surface area (Å²) in [5, 5.41) is 2.46. The zero-order valence-electron chi connectivity index (χ0n) is 16.2. The van der Waals surface area contributed by atoms with Gasteiger partial charge in [0.05, 0.1) is 12.2 Å². The second-order valence-corrected chi connectivity index (χ2v) is 9.69. The van der Waals surface area contributed by atoms with Crippen molar-refractivity contribution in [2.75, 3.05) is 13.2 Å². The molecule has 2 rings (SSSR count). The summed E-state index contributed by atoms with van der Waals surface area (Å²) in [4.78, 5) is 15.8. The van der Waals surface area contributed by atoms with E-state index in [1.807, 2.05) is 0 Å². The van der Waals surface area contributed by atoms with Crippen LogP contribution in [0.1, 0.15) is 25.8 Å². The van der Waals surface area contributed by atoms with Crippen LogP contribution >= 0.6 is 11.6 Å². The van der Waals surface area contributed by atoms with Gasteiger partial charge < -0.3 is 10.1 Å². The van der Waals surface area contributed by atoms with Gasteiger partial charge in [0, 0.05) is 17.8 Å². The first-order valence-corrected chi connectivity index (χ1v) is 10.7. The molecule has 0 aliphatic rings. The van der Waals surface area contributed by atoms with Gasteiger partial charge in [-0.15, -0.1) is 0 Å². The third kappa shape index (κ3) is 5.63. The summed E-state index contributed by atoms with van der Waals surface area (Å²) in [5.41, 5.74) is -1.08. The van der Waals surface area contributed by atoms with Crippen LogP contribution in [0.4, 0.5) is 13.2 Å². The van der Waals surface area contributed by atoms with Crippen LogP contribution in [-0.2, 0) is 20.8 Å². The van der Waals surface area contributed by atoms with Crippen molar-refractivity contribution in [1.82, 2.24) is 10.3 Å². The molecule has 0 saturated heterocycles. The fraction of sp³-hybridized carbons (Fsp3) is 0.368. The number of halogens is 4. The third-order valence-electron chi connectivity index (χ3n) is 4.25. The Hall–Kier alpha value is -2.33. The second kappa shape index (κ2) is 9.22. The second-order valence-electron chi connectivity index (χ2n) is 6.81. The molecule has 1 aromatic carbocycles. The number of nitrogens with zero attached hydrogens (tertiary/aromatic N) is 1. The number of pyridine rings is 1. The Bertz CT molecular complexity index is 976. The molecular weight excluding hydrogens is 445 g/mol. The van der Waals surface area contributed by atoms with E-state index < -0.39 is 37.3 Å². The predicted molar refractivity (Wildman–Crippen MR) is 105 cm³/mol. The largest absolute Gasteiger partial charge is 0.494 e. The molecule has 0 spiro atoms. The number of benzene rings is 1. The highest BCUT2D eigenvalue weighted by Crippen LogP contribution is 2.30. The van der Waals surface area contributed by atoms with Gasteiger partial charge in [0.1, 0.15) is 5.75 Å². The van der Waals surface area contributed by atoms with E-state index in [0.717, 1.165) is 6.07 Å². The standard InChI is InChI=1S/C19H20ClF3N2O4S/c1-18(2,30(27,28)16-9-4-13(12-25-16)19(21,22)23)17(26)24-10-3-11-29-15-7-5-14(20)6-8-15/h4-9,12H,3,10-11H2,1-2H3,(H,24,26). The molecule has 0 bridgehead atoms. The number of hydrogen-bond donors (Lipinski definition) is 1. The van der Waals surface area contributed by atoms with Gasteiger partial charge in [-0.3, -0.25) is 4.79 Å². The molecule has 1 heterocycles. The fourth-order valence-electron chi connectivity index (χ4n) is 2.30. The monoisotopic (exact) mass is 464 g/mol. The van der Waals surface area contributed by atoms with Crippen LogP contribution < -0.4 is 10.1 Å². The van der Waals surface area contributed by atoms with Crippen LogP contribution in [0.5, 0.6) is 5.75 Å². The Balaban J connectivity index is 1.94. The Labute approximate surface area is 177 Å². The minimum Gasteiger partial charge on any atom is -0.494 e. The maximum atomic E-state index is 12.7. The molecule has 30 heavy (non-hydrogen) atoms. The SMILES string of the molecule is CC(C)(C(=O)NCCCOc1ccc(Cl)cc1)S(=O)(=O)c1ccc(C(F)(F)F)cn1. The maximum absolute atomic E-state index is 12.7. The van der Waals surface area contributed by atoms with Crippen LogP contribution in [0, 0.1) is 0 Å². The summed E-state index contributed by atoms with van der Waals surface area (Å²) in [6.45, 7) is 2.75. The van der Waals surface area contributed by atoms with Crippen LogP contribution in [0.3, 0.4) is 0 Å². The summed E-state index contributed by atoms with van der Waals surface area (Å²) >= 11 is 5.78. The average Bonchev–Trinajstić information content (AvgIpc) is 2.68. The van der Waals surface area contributed by atoms with Gasteiger partial charge in [-0.1, -0.05) is 11.6 Å². The molecule has 1 N–H and O–H groups in total. The number of rotatable bonds is 8. The number of ether oxygens (including phenoxy) is 1. The topological polar surface area (TPSA) is 85.4 Å². The van der Waals surface area contributed by atoms with E-state index in [-0.39, 0.29) is 13.2 Å². The van der Waals surface area contributed by atoms with E-state index in [1.165, 1.54) is 13.8 Å². The van der Waals surface area contributed by atoms with Crippen LogP contribution in [0.25, 0.3) is 0 Å². The van der Waals surface area contributed by atoms with Crippen LogP contribution in [0.15, 0.2) is 47.6 Å². The van der Waals surface area contributed by atoms with Crippen LogP contribution in [-0.4, -0.2) is 37.2 Å². The van der Waals surface area contributed by atoms with Gasteiger partial charge in [-0.25, -0.2) is 13.4 Å². The van der Waals surface area contributed by atoms with Gasteiger partial charge in [-0.2, -0.15) is 13.2 Å². The number of aromatic nitrogens is 1. The maximum Gasteiger partial charge on any atom is 0.417 e. The molecule has 0 aliphatic carbocycles. The quantitative estimate of drug-likeness (QED) is 0.599. The summed E-state index contributed by atoms with van der Waals surface area (Å²) in [6.07, 6.45) is -3.81. The first-order valence-electron chi connectivity index (χ1n) is 8.80. The van der Waals surface area contributed by atoms with E-state index in [2.05, 4.69) is 10.3 Å². The number of amides is 1. The number of hydrogen-bond acceptors (Lipinski definition) is 5. The molecule has 1 amide bonds. The van der Waals surface area contributed by atoms with Crippen LogP contribution in [0.2, 0.25) is 5.02 Å². The molecule has 0 atom stereocenters. The van der Waals surface area contributed by atoms with Crippen molar-refractivity contribution >= 4 is 27.3 Å². The van der Waals surface area contributed by atoms with Crippen molar-refractivity contribution in [1.29, 1.82) is 0 Å². The number of alkyl halides is 3. The predicted octanol–water partition coefficient (Wildman–Crippen LogP) is 3.89. The lowest BCUT2D eigenvalue weighted by Crippen LogP contribution is -2.48. The summed E-state index contributed by atoms with van der Waals surface area (Å²) in [6, 6.07) is 8.07. The molecule has 0 unspecified atom stereocenters. The van der Waals surface area contributed by atoms with E-state index in [4.69, 9.17) is 16.3 Å². The first-order chi connectivity index (χ1) is 13.9. The fourth-order valence-corrected chi connectivity index (χ4v) is 3.70. The Kier molecular flexibility index (Phi) is 7.36. The van der Waals surface area contributed by atoms with Crippen molar-refractivity contribution in [2.24, 2.45) is 0 Å². The Morgan fingerprint density at radius 2 is 1.77 bits per heavy atom. The van der Waals surface area contributed by atoms with Crippen molar-refractivity contribution in [2.45, 2.75) is 36.2 Å². The van der Waals surface area contributed by atoms with E-state index in [1.54, 1.807) is 24.3 Å². The molecule has 1 aromatic heterocycles. The van der Waals surface area contributed by atoms with E-state index >= 15 is 0 Å². The zero-order chi connectivity index (χ0) is 22.6. The lowest BCUT2D eigenvalue weighted by atomic mass is 10.2. The molecule has 0 saturated carbocycles. The molecular formula is C19H20ClF3N2O4S. The minimum atomic E-state index is -4.64.